The first-order valence-electron chi connectivity index (χ1n) is 11.9. The summed E-state index contributed by atoms with van der Waals surface area (Å²) in [4.78, 5) is 18.1. The predicted molar refractivity (Wildman–Crippen MR) is 150 cm³/mol. The van der Waals surface area contributed by atoms with E-state index in [1.165, 1.54) is 13.4 Å². The normalized spacial score (nSPS) is 14.3. The van der Waals surface area contributed by atoms with Gasteiger partial charge in [-0.2, -0.15) is 10.1 Å². The Bertz CT molecular complexity index is 1570. The van der Waals surface area contributed by atoms with Crippen molar-refractivity contribution in [1.82, 2.24) is 14.8 Å². The molecule has 0 aliphatic carbocycles. The number of amides is 1. The summed E-state index contributed by atoms with van der Waals surface area (Å²) in [5, 5.41) is 11.5. The van der Waals surface area contributed by atoms with Crippen LogP contribution in [-0.2, 0) is 11.4 Å². The van der Waals surface area contributed by atoms with E-state index in [0.29, 0.717) is 56.8 Å². The summed E-state index contributed by atoms with van der Waals surface area (Å²) < 4.78 is 18.5. The lowest BCUT2D eigenvalue weighted by Gasteiger charge is -2.29. The third-order valence-corrected chi connectivity index (χ3v) is 7.00. The highest BCUT2D eigenvalue weighted by molar-refractivity contribution is 6.42. The van der Waals surface area contributed by atoms with E-state index in [0.717, 1.165) is 11.1 Å². The maximum Gasteiger partial charge on any atom is 0.255 e. The van der Waals surface area contributed by atoms with Gasteiger partial charge in [0.25, 0.3) is 5.91 Å². The number of ether oxygens (including phenoxy) is 3. The number of fused-ring (bicyclic) bond motifs is 1. The average molecular weight is 566 g/mol. The molecule has 11 heteroatoms. The molecule has 3 aromatic carbocycles. The summed E-state index contributed by atoms with van der Waals surface area (Å²) in [6, 6.07) is 17.5. The number of carbonyl (C=O) groups excluding carboxylic acids is 1. The molecule has 0 bridgehead atoms. The molecular weight excluding hydrogens is 541 g/mol. The summed E-state index contributed by atoms with van der Waals surface area (Å²) in [5.74, 6) is 1.89. The van der Waals surface area contributed by atoms with Gasteiger partial charge < -0.3 is 24.8 Å². The minimum atomic E-state index is -0.575. The minimum absolute atomic E-state index is 0.291. The van der Waals surface area contributed by atoms with Gasteiger partial charge in [0.1, 0.15) is 36.2 Å². The number of anilines is 2. The summed E-state index contributed by atoms with van der Waals surface area (Å²) in [6.45, 7) is 2.12. The van der Waals surface area contributed by atoms with Crippen molar-refractivity contribution in [2.75, 3.05) is 24.9 Å². The molecule has 4 aromatic rings. The molecule has 9 nitrogen and oxygen atoms in total. The van der Waals surface area contributed by atoms with Gasteiger partial charge in [0, 0.05) is 11.8 Å². The van der Waals surface area contributed by atoms with Gasteiger partial charge in [0.05, 0.1) is 35.5 Å². The van der Waals surface area contributed by atoms with E-state index in [1.807, 2.05) is 37.3 Å². The fraction of sp³-hybridized carbons (Fsp3) is 0.179. The second-order valence-electron chi connectivity index (χ2n) is 8.72. The molecule has 1 atom stereocenters. The van der Waals surface area contributed by atoms with Crippen LogP contribution in [0.25, 0.3) is 0 Å². The van der Waals surface area contributed by atoms with E-state index in [2.05, 4.69) is 20.7 Å². The standard InChI is InChI=1S/C28H25Cl2N5O4/c1-16-25(27(36)34-23-13-19(37-2)8-10-24(23)38-3)26(35-28(33-16)31-15-32-35)18-5-4-6-20(12-18)39-14-17-7-9-21(29)22(30)11-17/h4-13,15,26H,14H2,1-3H3,(H,34,36)(H,31,32,33)/t26-/m1/s1. The maximum absolute atomic E-state index is 13.8. The fourth-order valence-corrected chi connectivity index (χ4v) is 4.69. The van der Waals surface area contributed by atoms with Crippen molar-refractivity contribution in [3.8, 4) is 17.2 Å². The largest absolute Gasteiger partial charge is 0.497 e. The van der Waals surface area contributed by atoms with Gasteiger partial charge in [-0.15, -0.1) is 0 Å². The minimum Gasteiger partial charge on any atom is -0.497 e. The van der Waals surface area contributed by atoms with Gasteiger partial charge >= 0.3 is 0 Å². The predicted octanol–water partition coefficient (Wildman–Crippen LogP) is 6.11. The number of halogens is 2. The number of methoxy groups -OCH3 is 2. The molecule has 0 fully saturated rings. The molecule has 0 unspecified atom stereocenters. The van der Waals surface area contributed by atoms with Crippen LogP contribution in [0.1, 0.15) is 24.1 Å². The first kappa shape index (κ1) is 26.4. The summed E-state index contributed by atoms with van der Waals surface area (Å²) in [5.41, 5.74) is 3.24. The number of hydrogen-bond acceptors (Lipinski definition) is 7. The molecule has 1 aliphatic heterocycles. The number of hydrogen-bond donors (Lipinski definition) is 2. The van der Waals surface area contributed by atoms with Crippen molar-refractivity contribution in [3.05, 3.63) is 99.4 Å². The third-order valence-electron chi connectivity index (χ3n) is 6.26. The first-order chi connectivity index (χ1) is 18.9. The third kappa shape index (κ3) is 5.50. The molecule has 0 radical (unpaired) electrons. The van der Waals surface area contributed by atoms with Crippen LogP contribution in [0.4, 0.5) is 11.6 Å². The molecule has 0 saturated heterocycles. The van der Waals surface area contributed by atoms with Gasteiger partial charge in [-0.1, -0.05) is 41.4 Å². The molecular formula is C28H25Cl2N5O4. The van der Waals surface area contributed by atoms with Crippen molar-refractivity contribution >= 4 is 40.7 Å². The molecule has 39 heavy (non-hydrogen) atoms. The van der Waals surface area contributed by atoms with E-state index in [4.69, 9.17) is 37.4 Å². The highest BCUT2D eigenvalue weighted by Crippen LogP contribution is 2.37. The zero-order chi connectivity index (χ0) is 27.5. The number of nitrogens with one attached hydrogen (secondary N) is 2. The van der Waals surface area contributed by atoms with E-state index in [1.54, 1.807) is 42.1 Å². The van der Waals surface area contributed by atoms with Crippen LogP contribution in [-0.4, -0.2) is 34.9 Å². The smallest absolute Gasteiger partial charge is 0.255 e. The fourth-order valence-electron chi connectivity index (χ4n) is 4.37. The molecule has 5 rings (SSSR count). The molecule has 1 aliphatic rings. The van der Waals surface area contributed by atoms with Crippen molar-refractivity contribution < 1.29 is 19.0 Å². The topological polar surface area (TPSA) is 99.5 Å². The lowest BCUT2D eigenvalue weighted by Crippen LogP contribution is -2.31. The van der Waals surface area contributed by atoms with E-state index >= 15 is 0 Å². The highest BCUT2D eigenvalue weighted by Gasteiger charge is 2.34. The monoisotopic (exact) mass is 565 g/mol. The Hall–Kier alpha value is -4.21. The van der Waals surface area contributed by atoms with Crippen LogP contribution in [0.5, 0.6) is 17.2 Å². The Balaban J connectivity index is 1.46. The molecule has 1 amide bonds. The lowest BCUT2D eigenvalue weighted by molar-refractivity contribution is -0.113. The Morgan fingerprint density at radius 2 is 1.87 bits per heavy atom. The molecule has 0 spiro atoms. The van der Waals surface area contributed by atoms with Crippen LogP contribution >= 0.6 is 23.2 Å². The number of nitrogens with zero attached hydrogens (tertiary/aromatic N) is 3. The number of allylic oxidation sites excluding steroid dienone is 1. The second kappa shape index (κ2) is 11.3. The Labute approximate surface area is 235 Å². The van der Waals surface area contributed by atoms with Crippen LogP contribution in [0, 0.1) is 0 Å². The quantitative estimate of drug-likeness (QED) is 0.266. The van der Waals surface area contributed by atoms with Gasteiger partial charge in [0.15, 0.2) is 0 Å². The summed E-state index contributed by atoms with van der Waals surface area (Å²) in [6.07, 6.45) is 1.44. The van der Waals surface area contributed by atoms with Crippen LogP contribution in [0.2, 0.25) is 10.0 Å². The zero-order valence-electron chi connectivity index (χ0n) is 21.4. The summed E-state index contributed by atoms with van der Waals surface area (Å²) in [7, 11) is 3.10. The number of aromatic nitrogens is 3. The first-order valence-corrected chi connectivity index (χ1v) is 12.7. The molecule has 2 heterocycles. The average Bonchev–Trinajstić information content (AvgIpc) is 3.41. The number of carbonyl (C=O) groups is 1. The number of benzene rings is 3. The van der Waals surface area contributed by atoms with E-state index in [9.17, 15) is 4.79 Å². The van der Waals surface area contributed by atoms with Crippen molar-refractivity contribution in [1.29, 1.82) is 0 Å². The van der Waals surface area contributed by atoms with Crippen molar-refractivity contribution in [3.63, 3.8) is 0 Å². The van der Waals surface area contributed by atoms with Crippen molar-refractivity contribution in [2.24, 2.45) is 0 Å². The SMILES string of the molecule is COc1ccc(OC)c(NC(=O)C2=C(C)Nc3ncnn3[C@@H]2c2cccc(OCc3ccc(Cl)c(Cl)c3)c2)c1. The number of rotatable bonds is 8. The molecule has 0 saturated carbocycles. The Morgan fingerprint density at radius 3 is 2.64 bits per heavy atom. The molecule has 200 valence electrons. The van der Waals surface area contributed by atoms with Crippen LogP contribution in [0.3, 0.4) is 0 Å². The van der Waals surface area contributed by atoms with Gasteiger partial charge in [-0.05, 0) is 54.4 Å². The van der Waals surface area contributed by atoms with Gasteiger partial charge in [0.2, 0.25) is 5.95 Å². The Morgan fingerprint density at radius 1 is 1.03 bits per heavy atom. The van der Waals surface area contributed by atoms with Crippen molar-refractivity contribution in [2.45, 2.75) is 19.6 Å². The molecule has 2 N–H and O–H groups in total. The zero-order valence-corrected chi connectivity index (χ0v) is 22.9. The van der Waals surface area contributed by atoms with Crippen LogP contribution in [0.15, 0.2) is 78.3 Å². The van der Waals surface area contributed by atoms with Gasteiger partial charge in [-0.25, -0.2) is 4.68 Å². The maximum atomic E-state index is 13.8. The van der Waals surface area contributed by atoms with Gasteiger partial charge in [-0.3, -0.25) is 4.79 Å². The van der Waals surface area contributed by atoms with Crippen LogP contribution < -0.4 is 24.8 Å². The Kier molecular flexibility index (Phi) is 7.63. The van der Waals surface area contributed by atoms with E-state index < -0.39 is 6.04 Å². The second-order valence-corrected chi connectivity index (χ2v) is 9.54. The lowest BCUT2D eigenvalue weighted by atomic mass is 9.94. The summed E-state index contributed by atoms with van der Waals surface area (Å²) >= 11 is 12.2. The molecule has 1 aromatic heterocycles. The highest BCUT2D eigenvalue weighted by atomic mass is 35.5. The van der Waals surface area contributed by atoms with E-state index in [-0.39, 0.29) is 5.91 Å².